The summed E-state index contributed by atoms with van der Waals surface area (Å²) in [5.41, 5.74) is 1.02. The van der Waals surface area contributed by atoms with Crippen LogP contribution in [-0.2, 0) is 9.59 Å². The topological polar surface area (TPSA) is 90.5 Å². The standard InChI is InChI=1S/C18H24N4O3/c1-3-14-17(24)22-10-13(9-15(22)16(23)21-14)20-18(25)19-11(2)12-7-5-4-6-8-12/h4-8,11,13-15H,3,9-10H2,1-2H3,(H,21,23)(H2,19,20,25)/t11-,13+,14+,15+/m1/s1. The van der Waals surface area contributed by atoms with Crippen LogP contribution in [-0.4, -0.2) is 47.4 Å². The quantitative estimate of drug-likeness (QED) is 0.759. The molecular weight excluding hydrogens is 320 g/mol. The third kappa shape index (κ3) is 3.60. The van der Waals surface area contributed by atoms with Gasteiger partial charge in [0.25, 0.3) is 0 Å². The molecular formula is C18H24N4O3. The average molecular weight is 344 g/mol. The molecule has 0 aromatic heterocycles. The number of nitrogens with zero attached hydrogens (tertiary/aromatic N) is 1. The lowest BCUT2D eigenvalue weighted by molar-refractivity contribution is -0.147. The molecule has 1 aromatic rings. The molecule has 3 N–H and O–H groups in total. The van der Waals surface area contributed by atoms with Crippen LogP contribution in [0.4, 0.5) is 4.79 Å². The number of carbonyl (C=O) groups excluding carboxylic acids is 3. The number of nitrogens with one attached hydrogen (secondary N) is 3. The fraction of sp³-hybridized carbons (Fsp3) is 0.500. The second kappa shape index (κ2) is 7.13. The molecule has 2 aliphatic heterocycles. The molecule has 2 fully saturated rings. The summed E-state index contributed by atoms with van der Waals surface area (Å²) in [7, 11) is 0. The van der Waals surface area contributed by atoms with Crippen LogP contribution in [0.5, 0.6) is 0 Å². The van der Waals surface area contributed by atoms with Crippen molar-refractivity contribution in [2.75, 3.05) is 6.54 Å². The van der Waals surface area contributed by atoms with Crippen LogP contribution in [0.25, 0.3) is 0 Å². The lowest BCUT2D eigenvalue weighted by atomic mass is 10.1. The predicted molar refractivity (Wildman–Crippen MR) is 92.7 cm³/mol. The van der Waals surface area contributed by atoms with Crippen molar-refractivity contribution in [3.05, 3.63) is 35.9 Å². The SMILES string of the molecule is CC[C@@H]1NC(=O)[C@@H]2C[C@H](NC(=O)N[C@H](C)c3ccccc3)CN2C1=O. The zero-order valence-electron chi connectivity index (χ0n) is 14.5. The van der Waals surface area contributed by atoms with Gasteiger partial charge in [-0.1, -0.05) is 37.3 Å². The summed E-state index contributed by atoms with van der Waals surface area (Å²) in [6, 6.07) is 8.12. The van der Waals surface area contributed by atoms with Gasteiger partial charge in [0.1, 0.15) is 12.1 Å². The number of hydrogen-bond acceptors (Lipinski definition) is 3. The van der Waals surface area contributed by atoms with Gasteiger partial charge in [0, 0.05) is 6.54 Å². The lowest BCUT2D eigenvalue weighted by Gasteiger charge is -2.33. The number of urea groups is 1. The Bertz CT molecular complexity index is 664. The van der Waals surface area contributed by atoms with Gasteiger partial charge in [-0.3, -0.25) is 9.59 Å². The van der Waals surface area contributed by atoms with Crippen LogP contribution < -0.4 is 16.0 Å². The Morgan fingerprint density at radius 3 is 2.72 bits per heavy atom. The highest BCUT2D eigenvalue weighted by molar-refractivity contribution is 5.97. The zero-order valence-corrected chi connectivity index (χ0v) is 14.5. The van der Waals surface area contributed by atoms with E-state index in [1.54, 1.807) is 4.90 Å². The Balaban J connectivity index is 1.57. The molecule has 0 spiro atoms. The third-order valence-corrected chi connectivity index (χ3v) is 4.89. The normalized spacial score (nSPS) is 26.6. The van der Waals surface area contributed by atoms with E-state index in [2.05, 4.69) is 16.0 Å². The molecule has 7 nitrogen and oxygen atoms in total. The molecule has 1 aromatic carbocycles. The first-order valence-corrected chi connectivity index (χ1v) is 8.72. The van der Waals surface area contributed by atoms with Crippen molar-refractivity contribution in [1.29, 1.82) is 0 Å². The first-order valence-electron chi connectivity index (χ1n) is 8.72. The first-order chi connectivity index (χ1) is 12.0. The van der Waals surface area contributed by atoms with Crippen molar-refractivity contribution in [2.45, 2.75) is 50.9 Å². The second-order valence-corrected chi connectivity index (χ2v) is 6.66. The molecule has 0 radical (unpaired) electrons. The van der Waals surface area contributed by atoms with Gasteiger partial charge in [0.15, 0.2) is 0 Å². The molecule has 0 saturated carbocycles. The number of amides is 4. The van der Waals surface area contributed by atoms with Gasteiger partial charge in [-0.25, -0.2) is 4.79 Å². The summed E-state index contributed by atoms with van der Waals surface area (Å²) < 4.78 is 0. The van der Waals surface area contributed by atoms with Gasteiger partial charge >= 0.3 is 6.03 Å². The Kier molecular flexibility index (Phi) is 4.92. The van der Waals surface area contributed by atoms with E-state index in [1.165, 1.54) is 0 Å². The Hall–Kier alpha value is -2.57. The molecule has 2 aliphatic rings. The van der Waals surface area contributed by atoms with Gasteiger partial charge in [-0.15, -0.1) is 0 Å². The van der Waals surface area contributed by atoms with Gasteiger partial charge in [-0.05, 0) is 25.3 Å². The number of benzene rings is 1. The highest BCUT2D eigenvalue weighted by Crippen LogP contribution is 2.23. The molecule has 0 bridgehead atoms. The molecule has 25 heavy (non-hydrogen) atoms. The minimum atomic E-state index is -0.479. The molecule has 2 heterocycles. The highest BCUT2D eigenvalue weighted by atomic mass is 16.2. The van der Waals surface area contributed by atoms with Crippen molar-refractivity contribution < 1.29 is 14.4 Å². The van der Waals surface area contributed by atoms with Crippen molar-refractivity contribution in [3.63, 3.8) is 0 Å². The number of hydrogen-bond donors (Lipinski definition) is 3. The maximum absolute atomic E-state index is 12.4. The summed E-state index contributed by atoms with van der Waals surface area (Å²) in [5, 5.41) is 8.53. The third-order valence-electron chi connectivity index (χ3n) is 4.89. The van der Waals surface area contributed by atoms with Gasteiger partial charge in [0.05, 0.1) is 12.1 Å². The van der Waals surface area contributed by atoms with Crippen LogP contribution in [0.2, 0.25) is 0 Å². The summed E-state index contributed by atoms with van der Waals surface area (Å²) in [6.45, 7) is 4.16. The van der Waals surface area contributed by atoms with E-state index in [4.69, 9.17) is 0 Å². The Morgan fingerprint density at radius 1 is 1.32 bits per heavy atom. The number of fused-ring (bicyclic) bond motifs is 1. The zero-order chi connectivity index (χ0) is 18.0. The molecule has 4 amide bonds. The maximum atomic E-state index is 12.4. The Morgan fingerprint density at radius 2 is 2.04 bits per heavy atom. The van der Waals surface area contributed by atoms with E-state index in [0.717, 1.165) is 5.56 Å². The van der Waals surface area contributed by atoms with Crippen LogP contribution in [0.1, 0.15) is 38.3 Å². The molecule has 134 valence electrons. The predicted octanol–water partition coefficient (Wildman–Crippen LogP) is 0.925. The maximum Gasteiger partial charge on any atom is 0.315 e. The molecule has 0 aliphatic carbocycles. The van der Waals surface area contributed by atoms with Crippen molar-refractivity contribution >= 4 is 17.8 Å². The number of carbonyl (C=O) groups is 3. The largest absolute Gasteiger partial charge is 0.343 e. The average Bonchev–Trinajstić information content (AvgIpc) is 3.03. The molecule has 2 saturated heterocycles. The molecule has 4 atom stereocenters. The monoisotopic (exact) mass is 344 g/mol. The van der Waals surface area contributed by atoms with E-state index in [-0.39, 0.29) is 29.9 Å². The van der Waals surface area contributed by atoms with E-state index in [0.29, 0.717) is 19.4 Å². The highest BCUT2D eigenvalue weighted by Gasteiger charge is 2.46. The second-order valence-electron chi connectivity index (χ2n) is 6.66. The summed E-state index contributed by atoms with van der Waals surface area (Å²) >= 11 is 0. The molecule has 7 heteroatoms. The minimum Gasteiger partial charge on any atom is -0.343 e. The first kappa shape index (κ1) is 17.3. The van der Waals surface area contributed by atoms with Crippen molar-refractivity contribution in [2.24, 2.45) is 0 Å². The van der Waals surface area contributed by atoms with Gasteiger partial charge in [0.2, 0.25) is 11.8 Å². The number of piperazine rings is 1. The van der Waals surface area contributed by atoms with Crippen LogP contribution in [0.15, 0.2) is 30.3 Å². The van der Waals surface area contributed by atoms with E-state index >= 15 is 0 Å². The van der Waals surface area contributed by atoms with Crippen LogP contribution >= 0.6 is 0 Å². The van der Waals surface area contributed by atoms with Crippen LogP contribution in [0.3, 0.4) is 0 Å². The molecule has 0 unspecified atom stereocenters. The summed E-state index contributed by atoms with van der Waals surface area (Å²) in [6.07, 6.45) is 1.02. The van der Waals surface area contributed by atoms with Crippen molar-refractivity contribution in [1.82, 2.24) is 20.9 Å². The summed E-state index contributed by atoms with van der Waals surface area (Å²) in [5.74, 6) is -0.191. The summed E-state index contributed by atoms with van der Waals surface area (Å²) in [4.78, 5) is 38.4. The molecule has 3 rings (SSSR count). The minimum absolute atomic E-state index is 0.0607. The fourth-order valence-corrected chi connectivity index (χ4v) is 3.49. The number of rotatable bonds is 4. The fourth-order valence-electron chi connectivity index (χ4n) is 3.49. The van der Waals surface area contributed by atoms with E-state index in [9.17, 15) is 14.4 Å². The van der Waals surface area contributed by atoms with Gasteiger partial charge < -0.3 is 20.9 Å². The van der Waals surface area contributed by atoms with Crippen molar-refractivity contribution in [3.8, 4) is 0 Å². The van der Waals surface area contributed by atoms with Crippen LogP contribution in [0, 0.1) is 0 Å². The lowest BCUT2D eigenvalue weighted by Crippen LogP contribution is -2.60. The van der Waals surface area contributed by atoms with E-state index < -0.39 is 12.1 Å². The smallest absolute Gasteiger partial charge is 0.315 e. The van der Waals surface area contributed by atoms with Gasteiger partial charge in [-0.2, -0.15) is 0 Å². The van der Waals surface area contributed by atoms with E-state index in [1.807, 2.05) is 44.2 Å². The Labute approximate surface area is 147 Å².